The fraction of sp³-hybridized carbons (Fsp3) is 0.476. The van der Waals surface area contributed by atoms with Crippen LogP contribution >= 0.6 is 25.3 Å². The summed E-state index contributed by atoms with van der Waals surface area (Å²) in [6.45, 7) is 0.294. The van der Waals surface area contributed by atoms with Crippen LogP contribution in [0.25, 0.3) is 0 Å². The van der Waals surface area contributed by atoms with Crippen molar-refractivity contribution in [1.29, 1.82) is 0 Å². The molecule has 3 amide bonds. The molecule has 0 aromatic heterocycles. The first-order chi connectivity index (χ1) is 17.0. The Morgan fingerprint density at radius 1 is 0.889 bits per heavy atom. The van der Waals surface area contributed by atoms with Crippen LogP contribution in [0, 0.1) is 0 Å². The van der Waals surface area contributed by atoms with E-state index in [0.29, 0.717) is 18.5 Å². The zero-order chi connectivity index (χ0) is 27.3. The number of aliphatic imine (C=N–C) groups is 1. The molecule has 4 unspecified atom stereocenters. The monoisotopic (exact) mass is 543 g/mol. The van der Waals surface area contributed by atoms with Gasteiger partial charge in [0, 0.05) is 24.5 Å². The lowest BCUT2D eigenvalue weighted by atomic mass is 10.1. The Morgan fingerprint density at radius 3 is 1.86 bits per heavy atom. The van der Waals surface area contributed by atoms with Crippen molar-refractivity contribution >= 4 is 54.9 Å². The van der Waals surface area contributed by atoms with Crippen molar-refractivity contribution in [3.63, 3.8) is 0 Å². The second kappa shape index (κ2) is 15.7. The molecule has 0 saturated carbocycles. The van der Waals surface area contributed by atoms with Crippen LogP contribution in [0.1, 0.15) is 18.4 Å². The number of aromatic hydroxyl groups is 1. The number of carboxylic acid groups (broad SMARTS) is 1. The van der Waals surface area contributed by atoms with Gasteiger partial charge in [0.1, 0.15) is 23.9 Å². The van der Waals surface area contributed by atoms with Gasteiger partial charge in [0.05, 0.1) is 6.04 Å². The van der Waals surface area contributed by atoms with Crippen LogP contribution in [-0.2, 0) is 25.6 Å². The Bertz CT molecular complexity index is 928. The molecule has 0 bridgehead atoms. The van der Waals surface area contributed by atoms with Gasteiger partial charge < -0.3 is 43.4 Å². The van der Waals surface area contributed by atoms with Crippen LogP contribution in [0.2, 0.25) is 0 Å². The quantitative estimate of drug-likeness (QED) is 0.0495. The Labute approximate surface area is 219 Å². The summed E-state index contributed by atoms with van der Waals surface area (Å²) < 4.78 is 0. The minimum Gasteiger partial charge on any atom is -0.508 e. The topological polar surface area (TPSA) is 235 Å². The molecular formula is C21H33N7O6S2. The molecule has 1 aromatic rings. The number of carboxylic acids is 1. The number of aliphatic carboxylic acids is 1. The summed E-state index contributed by atoms with van der Waals surface area (Å²) >= 11 is 8.15. The Kier molecular flexibility index (Phi) is 13.5. The number of carbonyl (C=O) groups is 4. The lowest BCUT2D eigenvalue weighted by molar-refractivity contribution is -0.142. The minimum absolute atomic E-state index is 0.0187. The number of phenols is 1. The van der Waals surface area contributed by atoms with Crippen molar-refractivity contribution in [3.05, 3.63) is 29.8 Å². The van der Waals surface area contributed by atoms with E-state index < -0.39 is 47.9 Å². The van der Waals surface area contributed by atoms with Crippen LogP contribution in [-0.4, -0.2) is 82.1 Å². The Balaban J connectivity index is 2.70. The third-order valence-electron chi connectivity index (χ3n) is 4.93. The summed E-state index contributed by atoms with van der Waals surface area (Å²) in [6.07, 6.45) is 0.662. The van der Waals surface area contributed by atoms with Gasteiger partial charge >= 0.3 is 5.97 Å². The maximum atomic E-state index is 12.7. The van der Waals surface area contributed by atoms with Crippen LogP contribution < -0.4 is 33.2 Å². The molecule has 15 heteroatoms. The number of hydrogen-bond donors (Lipinski definition) is 10. The van der Waals surface area contributed by atoms with E-state index >= 15 is 0 Å². The Hall–Kier alpha value is -3.17. The zero-order valence-electron chi connectivity index (χ0n) is 19.5. The SMILES string of the molecule is NC(N)=NCCCC(N)C(=O)NC(CS)C(=O)NC(CS)C(=O)NC(Cc1ccc(O)cc1)C(=O)O. The van der Waals surface area contributed by atoms with Crippen molar-refractivity contribution in [1.82, 2.24) is 16.0 Å². The molecule has 1 aromatic carbocycles. The number of carbonyl (C=O) groups excluding carboxylic acids is 3. The Morgan fingerprint density at radius 2 is 1.39 bits per heavy atom. The number of hydrogen-bond acceptors (Lipinski definition) is 9. The van der Waals surface area contributed by atoms with Crippen molar-refractivity contribution in [2.24, 2.45) is 22.2 Å². The minimum atomic E-state index is -1.29. The highest BCUT2D eigenvalue weighted by molar-refractivity contribution is 7.80. The molecule has 0 fully saturated rings. The second-order valence-electron chi connectivity index (χ2n) is 7.81. The average molecular weight is 544 g/mol. The number of phenolic OH excluding ortho intramolecular Hbond substituents is 1. The first kappa shape index (κ1) is 30.9. The lowest BCUT2D eigenvalue weighted by Gasteiger charge is -2.23. The van der Waals surface area contributed by atoms with Gasteiger partial charge in [0.15, 0.2) is 5.96 Å². The van der Waals surface area contributed by atoms with Gasteiger partial charge in [-0.2, -0.15) is 25.3 Å². The normalized spacial score (nSPS) is 14.0. The van der Waals surface area contributed by atoms with E-state index in [1.54, 1.807) is 0 Å². The zero-order valence-corrected chi connectivity index (χ0v) is 21.3. The standard InChI is InChI=1S/C21H33N7O6S2/c22-13(2-1-7-25-21(23)24)17(30)27-15(9-35)19(32)28-16(10-36)18(31)26-14(20(33)34)8-11-3-5-12(29)6-4-11/h3-6,13-16,29,35-36H,1-2,7-10,22H2,(H,26,31)(H,27,30)(H,28,32)(H,33,34)(H4,23,24,25). The van der Waals surface area contributed by atoms with E-state index in [0.717, 1.165) is 0 Å². The molecule has 0 heterocycles. The highest BCUT2D eigenvalue weighted by Gasteiger charge is 2.29. The van der Waals surface area contributed by atoms with E-state index in [1.165, 1.54) is 24.3 Å². The summed E-state index contributed by atoms with van der Waals surface area (Å²) in [5, 5.41) is 26.1. The van der Waals surface area contributed by atoms with Gasteiger partial charge in [-0.15, -0.1) is 0 Å². The van der Waals surface area contributed by atoms with E-state index in [9.17, 15) is 29.4 Å². The summed E-state index contributed by atoms with van der Waals surface area (Å²) in [6, 6.07) is 1.35. The molecular weight excluding hydrogens is 510 g/mol. The first-order valence-corrected chi connectivity index (χ1v) is 12.2. The summed E-state index contributed by atoms with van der Waals surface area (Å²) in [7, 11) is 0. The van der Waals surface area contributed by atoms with Crippen molar-refractivity contribution < 1.29 is 29.4 Å². The average Bonchev–Trinajstić information content (AvgIpc) is 2.83. The van der Waals surface area contributed by atoms with Crippen molar-refractivity contribution in [3.8, 4) is 5.75 Å². The lowest BCUT2D eigenvalue weighted by Crippen LogP contribution is -2.58. The van der Waals surface area contributed by atoms with E-state index in [1.807, 2.05) is 0 Å². The molecule has 0 radical (unpaired) electrons. The van der Waals surface area contributed by atoms with Gasteiger partial charge in [-0.25, -0.2) is 4.79 Å². The van der Waals surface area contributed by atoms with Crippen molar-refractivity contribution in [2.75, 3.05) is 18.1 Å². The summed E-state index contributed by atoms with van der Waals surface area (Å²) in [5.74, 6) is -3.65. The van der Waals surface area contributed by atoms with Crippen LogP contribution in [0.4, 0.5) is 0 Å². The number of nitrogens with two attached hydrogens (primary N) is 3. The molecule has 0 aliphatic heterocycles. The maximum Gasteiger partial charge on any atom is 0.326 e. The first-order valence-electron chi connectivity index (χ1n) is 10.9. The van der Waals surface area contributed by atoms with E-state index in [2.05, 4.69) is 46.2 Å². The number of rotatable bonds is 15. The molecule has 4 atom stereocenters. The smallest absolute Gasteiger partial charge is 0.326 e. The summed E-state index contributed by atoms with van der Waals surface area (Å²) in [4.78, 5) is 53.1. The van der Waals surface area contributed by atoms with E-state index in [-0.39, 0.29) is 36.1 Å². The molecule has 200 valence electrons. The fourth-order valence-electron chi connectivity index (χ4n) is 2.93. The van der Waals surface area contributed by atoms with Gasteiger partial charge in [-0.3, -0.25) is 19.4 Å². The third-order valence-corrected chi connectivity index (χ3v) is 5.66. The molecule has 11 N–H and O–H groups in total. The van der Waals surface area contributed by atoms with Crippen LogP contribution in [0.5, 0.6) is 5.75 Å². The number of nitrogens with zero attached hydrogens (tertiary/aromatic N) is 1. The van der Waals surface area contributed by atoms with Gasteiger partial charge in [0.25, 0.3) is 0 Å². The maximum absolute atomic E-state index is 12.7. The number of amides is 3. The highest BCUT2D eigenvalue weighted by atomic mass is 32.1. The number of guanidine groups is 1. The largest absolute Gasteiger partial charge is 0.508 e. The molecule has 0 spiro atoms. The molecule has 0 saturated heterocycles. The van der Waals surface area contributed by atoms with Gasteiger partial charge in [0.2, 0.25) is 17.7 Å². The molecule has 0 aliphatic carbocycles. The molecule has 13 nitrogen and oxygen atoms in total. The predicted molar refractivity (Wildman–Crippen MR) is 141 cm³/mol. The van der Waals surface area contributed by atoms with E-state index in [4.69, 9.17) is 17.2 Å². The third kappa shape index (κ3) is 11.0. The van der Waals surface area contributed by atoms with Crippen LogP contribution in [0.3, 0.4) is 0 Å². The number of thiol groups is 2. The second-order valence-corrected chi connectivity index (χ2v) is 8.54. The molecule has 1 rings (SSSR count). The molecule has 36 heavy (non-hydrogen) atoms. The van der Waals surface area contributed by atoms with Crippen molar-refractivity contribution in [2.45, 2.75) is 43.4 Å². The molecule has 0 aliphatic rings. The highest BCUT2D eigenvalue weighted by Crippen LogP contribution is 2.11. The van der Waals surface area contributed by atoms with Gasteiger partial charge in [-0.05, 0) is 30.5 Å². The predicted octanol–water partition coefficient (Wildman–Crippen LogP) is -2.29. The number of benzene rings is 1. The van der Waals surface area contributed by atoms with Crippen LogP contribution in [0.15, 0.2) is 29.3 Å². The number of nitrogens with one attached hydrogen (secondary N) is 3. The van der Waals surface area contributed by atoms with Gasteiger partial charge in [-0.1, -0.05) is 12.1 Å². The summed E-state index contributed by atoms with van der Waals surface area (Å²) in [5.41, 5.74) is 16.9. The fourth-order valence-corrected chi connectivity index (χ4v) is 3.44.